The molecule has 1 amide bonds. The third kappa shape index (κ3) is 2.22. The number of rotatable bonds is 2. The van der Waals surface area contributed by atoms with Gasteiger partial charge in [-0.05, 0) is 24.5 Å². The first-order valence-corrected chi connectivity index (χ1v) is 7.69. The van der Waals surface area contributed by atoms with Crippen LogP contribution >= 0.6 is 0 Å². The summed E-state index contributed by atoms with van der Waals surface area (Å²) < 4.78 is 5.72. The lowest BCUT2D eigenvalue weighted by atomic mass is 10.1. The average molecular weight is 295 g/mol. The van der Waals surface area contributed by atoms with E-state index in [2.05, 4.69) is 16.0 Å². The van der Waals surface area contributed by atoms with Crippen LogP contribution < -0.4 is 4.74 Å². The fraction of sp³-hybridized carbons (Fsp3) is 0.353. The molecule has 1 aromatic carbocycles. The number of benzene rings is 1. The molecule has 1 saturated heterocycles. The van der Waals surface area contributed by atoms with E-state index in [-0.39, 0.29) is 5.91 Å². The Morgan fingerprint density at radius 1 is 1.18 bits per heavy atom. The SMILES string of the molecule is O=C(c1cncc(-c2cccc3c2OCC3)n1)N1CCCC1. The molecule has 4 rings (SSSR count). The van der Waals surface area contributed by atoms with E-state index in [0.29, 0.717) is 18.0 Å². The molecular formula is C17H17N3O2. The van der Waals surface area contributed by atoms with Gasteiger partial charge in [-0.15, -0.1) is 0 Å². The average Bonchev–Trinajstić information content (AvgIpc) is 3.25. The Morgan fingerprint density at radius 3 is 2.91 bits per heavy atom. The Morgan fingerprint density at radius 2 is 2.05 bits per heavy atom. The third-order valence-corrected chi connectivity index (χ3v) is 4.24. The number of amides is 1. The number of fused-ring (bicyclic) bond motifs is 1. The quantitative estimate of drug-likeness (QED) is 0.853. The highest BCUT2D eigenvalue weighted by Crippen LogP contribution is 2.35. The van der Waals surface area contributed by atoms with Gasteiger partial charge in [0.15, 0.2) is 0 Å². The van der Waals surface area contributed by atoms with Crippen LogP contribution in [0, 0.1) is 0 Å². The molecule has 3 heterocycles. The van der Waals surface area contributed by atoms with Gasteiger partial charge in [0, 0.05) is 25.1 Å². The standard InChI is InChI=1S/C17H17N3O2/c21-17(20-7-1-2-8-20)15-11-18-10-14(19-15)13-5-3-4-12-6-9-22-16(12)13/h3-5,10-11H,1-2,6-9H2. The van der Waals surface area contributed by atoms with Crippen LogP contribution in [0.3, 0.4) is 0 Å². The van der Waals surface area contributed by atoms with E-state index in [0.717, 1.165) is 43.7 Å². The number of likely N-dealkylation sites (tertiary alicyclic amines) is 1. The first-order valence-electron chi connectivity index (χ1n) is 7.69. The van der Waals surface area contributed by atoms with Gasteiger partial charge in [-0.1, -0.05) is 12.1 Å². The predicted molar refractivity (Wildman–Crippen MR) is 81.8 cm³/mol. The van der Waals surface area contributed by atoms with Crippen molar-refractivity contribution in [1.82, 2.24) is 14.9 Å². The van der Waals surface area contributed by atoms with E-state index in [1.807, 2.05) is 17.0 Å². The van der Waals surface area contributed by atoms with Gasteiger partial charge in [0.2, 0.25) is 0 Å². The summed E-state index contributed by atoms with van der Waals surface area (Å²) in [6, 6.07) is 6.04. The Kier molecular flexibility index (Phi) is 3.25. The molecule has 0 N–H and O–H groups in total. The molecule has 22 heavy (non-hydrogen) atoms. The van der Waals surface area contributed by atoms with Crippen molar-refractivity contribution in [3.63, 3.8) is 0 Å². The number of hydrogen-bond acceptors (Lipinski definition) is 4. The van der Waals surface area contributed by atoms with Gasteiger partial charge in [-0.25, -0.2) is 4.98 Å². The molecule has 0 atom stereocenters. The highest BCUT2D eigenvalue weighted by molar-refractivity contribution is 5.92. The van der Waals surface area contributed by atoms with Gasteiger partial charge in [0.25, 0.3) is 5.91 Å². The molecule has 2 aliphatic rings. The molecule has 2 aliphatic heterocycles. The van der Waals surface area contributed by atoms with Crippen molar-refractivity contribution in [1.29, 1.82) is 0 Å². The fourth-order valence-corrected chi connectivity index (χ4v) is 3.10. The van der Waals surface area contributed by atoms with E-state index in [9.17, 15) is 4.79 Å². The Bertz CT molecular complexity index is 724. The zero-order chi connectivity index (χ0) is 14.9. The summed E-state index contributed by atoms with van der Waals surface area (Å²) >= 11 is 0. The zero-order valence-electron chi connectivity index (χ0n) is 12.3. The van der Waals surface area contributed by atoms with Gasteiger partial charge in [0.05, 0.1) is 24.7 Å². The van der Waals surface area contributed by atoms with Crippen LogP contribution in [0.15, 0.2) is 30.6 Å². The van der Waals surface area contributed by atoms with Gasteiger partial charge in [-0.2, -0.15) is 0 Å². The van der Waals surface area contributed by atoms with Gasteiger partial charge in [0.1, 0.15) is 11.4 Å². The molecule has 0 spiro atoms. The number of aromatic nitrogens is 2. The van der Waals surface area contributed by atoms with Gasteiger partial charge >= 0.3 is 0 Å². The molecule has 2 aromatic rings. The number of hydrogen-bond donors (Lipinski definition) is 0. The van der Waals surface area contributed by atoms with E-state index in [1.165, 1.54) is 5.56 Å². The molecule has 112 valence electrons. The van der Waals surface area contributed by atoms with E-state index < -0.39 is 0 Å². The van der Waals surface area contributed by atoms with E-state index >= 15 is 0 Å². The Labute approximate surface area is 129 Å². The predicted octanol–water partition coefficient (Wildman–Crippen LogP) is 2.31. The van der Waals surface area contributed by atoms with Crippen LogP contribution in [0.25, 0.3) is 11.3 Å². The number of carbonyl (C=O) groups excluding carboxylic acids is 1. The Balaban J connectivity index is 1.70. The lowest BCUT2D eigenvalue weighted by Gasteiger charge is -2.15. The molecule has 5 nitrogen and oxygen atoms in total. The molecular weight excluding hydrogens is 278 g/mol. The lowest BCUT2D eigenvalue weighted by molar-refractivity contribution is 0.0786. The van der Waals surface area contributed by atoms with Crippen LogP contribution in [-0.2, 0) is 6.42 Å². The second-order valence-electron chi connectivity index (χ2n) is 5.68. The first-order chi connectivity index (χ1) is 10.8. The zero-order valence-corrected chi connectivity index (χ0v) is 12.3. The van der Waals surface area contributed by atoms with Crippen LogP contribution in [0.4, 0.5) is 0 Å². The van der Waals surface area contributed by atoms with Crippen LogP contribution in [0.5, 0.6) is 5.75 Å². The number of nitrogens with zero attached hydrogens (tertiary/aromatic N) is 3. The number of ether oxygens (including phenoxy) is 1. The molecule has 0 unspecified atom stereocenters. The van der Waals surface area contributed by atoms with Crippen LogP contribution in [0.2, 0.25) is 0 Å². The van der Waals surface area contributed by atoms with Gasteiger partial charge < -0.3 is 9.64 Å². The molecule has 0 saturated carbocycles. The van der Waals surface area contributed by atoms with Crippen LogP contribution in [-0.4, -0.2) is 40.5 Å². The van der Waals surface area contributed by atoms with Crippen molar-refractivity contribution in [3.8, 4) is 17.0 Å². The highest BCUT2D eigenvalue weighted by atomic mass is 16.5. The summed E-state index contributed by atoms with van der Waals surface area (Å²) in [5.74, 6) is 0.850. The lowest BCUT2D eigenvalue weighted by Crippen LogP contribution is -2.28. The molecule has 1 aromatic heterocycles. The smallest absolute Gasteiger partial charge is 0.274 e. The van der Waals surface area contributed by atoms with Crippen molar-refractivity contribution in [2.24, 2.45) is 0 Å². The third-order valence-electron chi connectivity index (χ3n) is 4.24. The molecule has 0 aliphatic carbocycles. The minimum absolute atomic E-state index is 0.0275. The molecule has 0 radical (unpaired) electrons. The first kappa shape index (κ1) is 13.2. The Hall–Kier alpha value is -2.43. The highest BCUT2D eigenvalue weighted by Gasteiger charge is 2.22. The van der Waals surface area contributed by atoms with Gasteiger partial charge in [-0.3, -0.25) is 9.78 Å². The topological polar surface area (TPSA) is 55.3 Å². The normalized spacial score (nSPS) is 16.5. The number of carbonyl (C=O) groups is 1. The van der Waals surface area contributed by atoms with Crippen molar-refractivity contribution >= 4 is 5.91 Å². The summed E-state index contributed by atoms with van der Waals surface area (Å²) in [6.45, 7) is 2.33. The van der Waals surface area contributed by atoms with Crippen molar-refractivity contribution < 1.29 is 9.53 Å². The second-order valence-corrected chi connectivity index (χ2v) is 5.68. The fourth-order valence-electron chi connectivity index (χ4n) is 3.10. The maximum absolute atomic E-state index is 12.5. The van der Waals surface area contributed by atoms with E-state index in [1.54, 1.807) is 12.4 Å². The maximum Gasteiger partial charge on any atom is 0.274 e. The summed E-state index contributed by atoms with van der Waals surface area (Å²) in [4.78, 5) is 23.0. The minimum Gasteiger partial charge on any atom is -0.492 e. The largest absolute Gasteiger partial charge is 0.492 e. The van der Waals surface area contributed by atoms with Crippen LogP contribution in [0.1, 0.15) is 28.9 Å². The second kappa shape index (κ2) is 5.40. The molecule has 0 bridgehead atoms. The minimum atomic E-state index is -0.0275. The van der Waals surface area contributed by atoms with Crippen molar-refractivity contribution in [3.05, 3.63) is 41.9 Å². The monoisotopic (exact) mass is 295 g/mol. The van der Waals surface area contributed by atoms with E-state index in [4.69, 9.17) is 4.74 Å². The summed E-state index contributed by atoms with van der Waals surface area (Å²) in [7, 11) is 0. The molecule has 1 fully saturated rings. The van der Waals surface area contributed by atoms with Crippen molar-refractivity contribution in [2.45, 2.75) is 19.3 Å². The van der Waals surface area contributed by atoms with Crippen molar-refractivity contribution in [2.75, 3.05) is 19.7 Å². The summed E-state index contributed by atoms with van der Waals surface area (Å²) in [5.41, 5.74) is 3.22. The summed E-state index contributed by atoms with van der Waals surface area (Å²) in [6.07, 6.45) is 6.30. The molecule has 5 heteroatoms. The maximum atomic E-state index is 12.5. The summed E-state index contributed by atoms with van der Waals surface area (Å²) in [5, 5.41) is 0. The number of para-hydroxylation sites is 1.